The van der Waals surface area contributed by atoms with E-state index in [1.165, 1.54) is 21.0 Å². The van der Waals surface area contributed by atoms with Crippen molar-refractivity contribution < 1.29 is 28.6 Å². The lowest BCUT2D eigenvalue weighted by atomic mass is 9.98. The third-order valence-corrected chi connectivity index (χ3v) is 4.08. The number of aryl methyl sites for hydroxylation is 1. The van der Waals surface area contributed by atoms with E-state index in [2.05, 4.69) is 0 Å². The van der Waals surface area contributed by atoms with E-state index in [0.717, 1.165) is 11.6 Å². The summed E-state index contributed by atoms with van der Waals surface area (Å²) >= 11 is 0. The molecule has 2 aromatic heterocycles. The van der Waals surface area contributed by atoms with E-state index in [1.54, 1.807) is 23.6 Å². The fourth-order valence-electron chi connectivity index (χ4n) is 3.23. The van der Waals surface area contributed by atoms with Crippen LogP contribution in [0, 0.1) is 6.92 Å². The van der Waals surface area contributed by atoms with Crippen molar-refractivity contribution in [3.8, 4) is 0 Å². The first-order valence-corrected chi connectivity index (χ1v) is 7.61. The Morgan fingerprint density at radius 2 is 1.96 bits per heavy atom. The molecule has 3 rings (SSSR count). The van der Waals surface area contributed by atoms with Crippen LogP contribution in [0.25, 0.3) is 5.52 Å². The molecule has 0 spiro atoms. The number of cyclic esters (lactones) is 1. The minimum atomic E-state index is -1.92. The number of ether oxygens (including phenoxy) is 3. The summed E-state index contributed by atoms with van der Waals surface area (Å²) in [5.41, 5.74) is 1.91. The van der Waals surface area contributed by atoms with Crippen molar-refractivity contribution >= 4 is 23.2 Å². The van der Waals surface area contributed by atoms with Crippen LogP contribution in [0.5, 0.6) is 0 Å². The lowest BCUT2D eigenvalue weighted by molar-refractivity contribution is -0.218. The predicted molar refractivity (Wildman–Crippen MR) is 86.8 cm³/mol. The van der Waals surface area contributed by atoms with Gasteiger partial charge < -0.3 is 18.6 Å². The second-order valence-electron chi connectivity index (χ2n) is 5.70. The van der Waals surface area contributed by atoms with Crippen LogP contribution < -0.4 is 0 Å². The molecule has 0 amide bonds. The van der Waals surface area contributed by atoms with Crippen LogP contribution >= 0.6 is 0 Å². The summed E-state index contributed by atoms with van der Waals surface area (Å²) in [6.07, 6.45) is 2.83. The second kappa shape index (κ2) is 5.77. The zero-order valence-corrected chi connectivity index (χ0v) is 14.3. The molecule has 25 heavy (non-hydrogen) atoms. The van der Waals surface area contributed by atoms with E-state index in [4.69, 9.17) is 14.2 Å². The minimum absolute atomic E-state index is 0.00852. The quantitative estimate of drug-likeness (QED) is 0.625. The maximum atomic E-state index is 12.4. The van der Waals surface area contributed by atoms with Gasteiger partial charge in [0.05, 0.1) is 18.7 Å². The summed E-state index contributed by atoms with van der Waals surface area (Å²) in [5, 5.41) is 0. The van der Waals surface area contributed by atoms with Crippen molar-refractivity contribution in [1.82, 2.24) is 4.40 Å². The van der Waals surface area contributed by atoms with E-state index < -0.39 is 17.7 Å². The average Bonchev–Trinajstić information content (AvgIpc) is 3.02. The molecule has 0 radical (unpaired) electrons. The van der Waals surface area contributed by atoms with Gasteiger partial charge in [-0.2, -0.15) is 0 Å². The van der Waals surface area contributed by atoms with Crippen LogP contribution in [0.15, 0.2) is 36.2 Å². The highest BCUT2D eigenvalue weighted by atomic mass is 16.8. The molecule has 0 fully saturated rings. The third kappa shape index (κ3) is 2.39. The lowest BCUT2D eigenvalue weighted by Crippen LogP contribution is -2.37. The van der Waals surface area contributed by atoms with E-state index in [-0.39, 0.29) is 22.8 Å². The summed E-state index contributed by atoms with van der Waals surface area (Å²) < 4.78 is 17.7. The Labute approximate surface area is 143 Å². The number of carbonyl (C=O) groups excluding carboxylic acids is 3. The molecule has 3 heterocycles. The molecule has 7 nitrogen and oxygen atoms in total. The van der Waals surface area contributed by atoms with Crippen molar-refractivity contribution in [2.24, 2.45) is 0 Å². The number of hydrogen-bond acceptors (Lipinski definition) is 6. The molecule has 7 heteroatoms. The maximum absolute atomic E-state index is 12.4. The summed E-state index contributed by atoms with van der Waals surface area (Å²) in [7, 11) is 1.34. The van der Waals surface area contributed by atoms with Crippen LogP contribution in [0.3, 0.4) is 0 Å². The van der Waals surface area contributed by atoms with E-state index in [0.29, 0.717) is 5.56 Å². The van der Waals surface area contributed by atoms with Crippen LogP contribution in [-0.2, 0) is 29.6 Å². The number of rotatable bonds is 4. The Balaban J connectivity index is 2.42. The number of aromatic nitrogens is 1. The molecule has 1 aliphatic heterocycles. The Morgan fingerprint density at radius 3 is 2.56 bits per heavy atom. The topological polar surface area (TPSA) is 83.3 Å². The van der Waals surface area contributed by atoms with Crippen LogP contribution in [0.4, 0.5) is 0 Å². The van der Waals surface area contributed by atoms with E-state index >= 15 is 0 Å². The summed E-state index contributed by atoms with van der Waals surface area (Å²) in [6, 6.07) is 5.41. The Morgan fingerprint density at radius 1 is 1.24 bits per heavy atom. The highest BCUT2D eigenvalue weighted by molar-refractivity contribution is 5.98. The minimum Gasteiger partial charge on any atom is -0.493 e. The monoisotopic (exact) mass is 343 g/mol. The molecular formula is C18H17NO6. The number of esters is 2. The molecule has 130 valence electrons. The molecule has 0 aromatic carbocycles. The summed E-state index contributed by atoms with van der Waals surface area (Å²) in [5.74, 6) is -3.58. The smallest absolute Gasteiger partial charge is 0.345 e. The van der Waals surface area contributed by atoms with Gasteiger partial charge in [0, 0.05) is 25.6 Å². The van der Waals surface area contributed by atoms with Gasteiger partial charge in [-0.25, -0.2) is 4.79 Å². The first kappa shape index (κ1) is 16.8. The van der Waals surface area contributed by atoms with Gasteiger partial charge in [-0.05, 0) is 24.6 Å². The largest absolute Gasteiger partial charge is 0.493 e. The molecule has 0 saturated carbocycles. The predicted octanol–water partition coefficient (Wildman–Crippen LogP) is 2.25. The van der Waals surface area contributed by atoms with E-state index in [9.17, 15) is 14.4 Å². The fourth-order valence-corrected chi connectivity index (χ4v) is 3.23. The number of nitrogens with zero attached hydrogens (tertiary/aromatic N) is 1. The van der Waals surface area contributed by atoms with Crippen molar-refractivity contribution in [3.63, 3.8) is 0 Å². The van der Waals surface area contributed by atoms with Crippen molar-refractivity contribution in [2.75, 3.05) is 7.11 Å². The number of carbonyl (C=O) groups is 3. The fraction of sp³-hybridized carbons (Fsp3) is 0.278. The van der Waals surface area contributed by atoms with E-state index in [1.807, 2.05) is 12.1 Å². The van der Waals surface area contributed by atoms with Gasteiger partial charge in [-0.3, -0.25) is 9.59 Å². The summed E-state index contributed by atoms with van der Waals surface area (Å²) in [6.45, 7) is 4.35. The van der Waals surface area contributed by atoms with Gasteiger partial charge in [-0.15, -0.1) is 0 Å². The second-order valence-corrected chi connectivity index (χ2v) is 5.70. The molecule has 0 N–H and O–H groups in total. The highest BCUT2D eigenvalue weighted by Gasteiger charge is 2.54. The molecule has 0 saturated heterocycles. The Bertz CT molecular complexity index is 938. The van der Waals surface area contributed by atoms with Crippen molar-refractivity contribution in [1.29, 1.82) is 0 Å². The standard InChI is InChI=1S/C18H17NO6/c1-10-13-7-5-6-8-19(13)17(11(2)20)16(10)18(24-12(3)21)14(23-4)9-15(22)25-18/h5-9H,1-4H3. The third-order valence-electron chi connectivity index (χ3n) is 4.08. The molecular weight excluding hydrogens is 326 g/mol. The highest BCUT2D eigenvalue weighted by Crippen LogP contribution is 2.45. The summed E-state index contributed by atoms with van der Waals surface area (Å²) in [4.78, 5) is 36.1. The van der Waals surface area contributed by atoms with Crippen LogP contribution in [-0.4, -0.2) is 29.2 Å². The molecule has 1 unspecified atom stereocenters. The van der Waals surface area contributed by atoms with Gasteiger partial charge >= 0.3 is 17.7 Å². The number of ketones is 1. The number of methoxy groups -OCH3 is 1. The molecule has 1 aliphatic rings. The Hall–Kier alpha value is -3.09. The van der Waals surface area contributed by atoms with Crippen LogP contribution in [0.2, 0.25) is 0 Å². The van der Waals surface area contributed by atoms with Crippen LogP contribution in [0.1, 0.15) is 35.5 Å². The van der Waals surface area contributed by atoms with Gasteiger partial charge in [0.2, 0.25) is 0 Å². The number of Topliss-reactive ketones (excluding diaryl/α,β-unsaturated/α-hetero) is 1. The first-order valence-electron chi connectivity index (χ1n) is 7.61. The number of hydrogen-bond donors (Lipinski definition) is 0. The molecule has 2 aromatic rings. The molecule has 0 aliphatic carbocycles. The first-order chi connectivity index (χ1) is 11.8. The van der Waals surface area contributed by atoms with Gasteiger partial charge in [0.25, 0.3) is 0 Å². The normalized spacial score (nSPS) is 19.5. The van der Waals surface area contributed by atoms with Gasteiger partial charge in [-0.1, -0.05) is 6.07 Å². The number of pyridine rings is 1. The van der Waals surface area contributed by atoms with Gasteiger partial charge in [0.1, 0.15) is 5.69 Å². The SMILES string of the molecule is COC1=CC(=O)OC1(OC(C)=O)c1c(C)c2ccccn2c1C(C)=O. The maximum Gasteiger partial charge on any atom is 0.345 e. The zero-order chi connectivity index (χ0) is 18.4. The molecule has 1 atom stereocenters. The van der Waals surface area contributed by atoms with Crippen molar-refractivity contribution in [3.05, 3.63) is 53.1 Å². The zero-order valence-electron chi connectivity index (χ0n) is 14.3. The average molecular weight is 343 g/mol. The molecule has 0 bridgehead atoms. The lowest BCUT2D eigenvalue weighted by Gasteiger charge is -2.29. The van der Waals surface area contributed by atoms with Crippen molar-refractivity contribution in [2.45, 2.75) is 26.6 Å². The van der Waals surface area contributed by atoms with Gasteiger partial charge in [0.15, 0.2) is 11.5 Å². The number of fused-ring (bicyclic) bond motifs is 1. The Kier molecular flexibility index (Phi) is 3.87.